The van der Waals surface area contributed by atoms with Crippen LogP contribution in [0.25, 0.3) is 0 Å². The second-order valence-corrected chi connectivity index (χ2v) is 4.78. The molecular weight excluding hydrogens is 181 g/mol. The van der Waals surface area contributed by atoms with E-state index in [1.165, 1.54) is 0 Å². The topological polar surface area (TPSA) is 26.0 Å². The molecule has 0 amide bonds. The minimum absolute atomic E-state index is 0.0851. The van der Waals surface area contributed by atoms with Gasteiger partial charge in [0.2, 0.25) is 0 Å². The van der Waals surface area contributed by atoms with Crippen LogP contribution in [0.1, 0.15) is 39.5 Å². The first kappa shape index (κ1) is 11.5. The average Bonchev–Trinajstić information content (AvgIpc) is 1.81. The summed E-state index contributed by atoms with van der Waals surface area (Å²) in [7, 11) is 0. The van der Waals surface area contributed by atoms with Crippen molar-refractivity contribution in [2.75, 3.05) is 0 Å². The van der Waals surface area contributed by atoms with Gasteiger partial charge in [0.1, 0.15) is 4.33 Å². The molecule has 0 fully saturated rings. The third-order valence-electron chi connectivity index (χ3n) is 1.52. The van der Waals surface area contributed by atoms with E-state index in [-0.39, 0.29) is 6.04 Å². The van der Waals surface area contributed by atoms with Gasteiger partial charge in [0, 0.05) is 6.04 Å². The molecule has 1 atom stereocenters. The summed E-state index contributed by atoms with van der Waals surface area (Å²) in [6.07, 6.45) is 3.71. The molecular formula is C8H17Cl2N. The number of nitrogens with two attached hydrogens (primary N) is 1. The minimum Gasteiger partial charge on any atom is -0.328 e. The van der Waals surface area contributed by atoms with Gasteiger partial charge in [-0.3, -0.25) is 0 Å². The Morgan fingerprint density at radius 3 is 2.36 bits per heavy atom. The van der Waals surface area contributed by atoms with Crippen molar-refractivity contribution in [3.05, 3.63) is 0 Å². The van der Waals surface area contributed by atoms with Crippen molar-refractivity contribution < 1.29 is 0 Å². The van der Waals surface area contributed by atoms with Gasteiger partial charge in [-0.25, -0.2) is 0 Å². The predicted octanol–water partition coefficient (Wildman–Crippen LogP) is 3.09. The van der Waals surface area contributed by atoms with Crippen molar-refractivity contribution in [2.24, 2.45) is 5.73 Å². The van der Waals surface area contributed by atoms with Crippen LogP contribution >= 0.6 is 23.2 Å². The zero-order valence-corrected chi connectivity index (χ0v) is 8.75. The molecule has 0 saturated heterocycles. The molecule has 0 heterocycles. The zero-order chi connectivity index (χ0) is 8.91. The molecule has 0 aromatic rings. The molecule has 0 aliphatic rings. The van der Waals surface area contributed by atoms with Crippen LogP contribution < -0.4 is 5.73 Å². The molecule has 11 heavy (non-hydrogen) atoms. The fraction of sp³-hybridized carbons (Fsp3) is 1.00. The highest BCUT2D eigenvalue weighted by Gasteiger charge is 2.24. The van der Waals surface area contributed by atoms with Gasteiger partial charge in [0.15, 0.2) is 0 Å². The first-order valence-electron chi connectivity index (χ1n) is 4.11. The number of alkyl halides is 2. The van der Waals surface area contributed by atoms with Crippen molar-refractivity contribution >= 4 is 23.2 Å². The lowest BCUT2D eigenvalue weighted by molar-refractivity contribution is 0.545. The van der Waals surface area contributed by atoms with Gasteiger partial charge in [-0.2, -0.15) is 0 Å². The van der Waals surface area contributed by atoms with E-state index in [2.05, 4.69) is 6.92 Å². The third kappa shape index (κ3) is 6.92. The summed E-state index contributed by atoms with van der Waals surface area (Å²) in [6, 6.07) is 0.0851. The van der Waals surface area contributed by atoms with Gasteiger partial charge < -0.3 is 5.73 Å². The molecule has 0 bridgehead atoms. The van der Waals surface area contributed by atoms with Crippen molar-refractivity contribution in [1.29, 1.82) is 0 Å². The Balaban J connectivity index is 3.61. The number of rotatable bonds is 5. The van der Waals surface area contributed by atoms with Crippen molar-refractivity contribution in [1.82, 2.24) is 0 Å². The lowest BCUT2D eigenvalue weighted by Crippen LogP contribution is -2.26. The molecule has 0 aromatic carbocycles. The molecule has 2 N–H and O–H groups in total. The van der Waals surface area contributed by atoms with Gasteiger partial charge in [-0.05, 0) is 19.8 Å². The highest BCUT2D eigenvalue weighted by atomic mass is 35.5. The summed E-state index contributed by atoms with van der Waals surface area (Å²) < 4.78 is -0.607. The largest absolute Gasteiger partial charge is 0.328 e. The van der Waals surface area contributed by atoms with E-state index < -0.39 is 4.33 Å². The predicted molar refractivity (Wildman–Crippen MR) is 52.2 cm³/mol. The van der Waals surface area contributed by atoms with Crippen LogP contribution in [0.3, 0.4) is 0 Å². The second kappa shape index (κ2) is 5.23. The van der Waals surface area contributed by atoms with E-state index in [0.29, 0.717) is 6.42 Å². The average molecular weight is 198 g/mol. The molecule has 68 valence electrons. The highest BCUT2D eigenvalue weighted by molar-refractivity contribution is 6.48. The summed E-state index contributed by atoms with van der Waals surface area (Å²) in [5, 5.41) is 0. The Bertz CT molecular complexity index is 102. The van der Waals surface area contributed by atoms with Gasteiger partial charge in [0.05, 0.1) is 0 Å². The molecule has 0 aliphatic heterocycles. The molecule has 0 rings (SSSR count). The maximum atomic E-state index is 6.00. The molecule has 0 radical (unpaired) electrons. The van der Waals surface area contributed by atoms with Gasteiger partial charge in [0.25, 0.3) is 0 Å². The number of hydrogen-bond donors (Lipinski definition) is 1. The summed E-state index contributed by atoms with van der Waals surface area (Å²) in [5.74, 6) is 0. The number of hydrogen-bond acceptors (Lipinski definition) is 1. The van der Waals surface area contributed by atoms with Crippen LogP contribution in [0, 0.1) is 0 Å². The fourth-order valence-corrected chi connectivity index (χ4v) is 1.76. The van der Waals surface area contributed by atoms with E-state index >= 15 is 0 Å². The first-order chi connectivity index (χ1) is 4.98. The standard InChI is InChI=1S/C8H17Cl2N/c1-3-4-5-8(9,10)6-7(2)11/h7H,3-6,11H2,1-2H3. The molecule has 3 heteroatoms. The SMILES string of the molecule is CCCCC(Cl)(Cl)CC(C)N. The summed E-state index contributed by atoms with van der Waals surface area (Å²) in [4.78, 5) is 0. The molecule has 1 nitrogen and oxygen atoms in total. The Kier molecular flexibility index (Phi) is 5.49. The minimum atomic E-state index is -0.607. The van der Waals surface area contributed by atoms with Crippen LogP contribution in [0.5, 0.6) is 0 Å². The van der Waals surface area contributed by atoms with E-state index in [9.17, 15) is 0 Å². The molecule has 1 unspecified atom stereocenters. The van der Waals surface area contributed by atoms with E-state index in [0.717, 1.165) is 19.3 Å². The van der Waals surface area contributed by atoms with Crippen molar-refractivity contribution in [3.63, 3.8) is 0 Å². The lowest BCUT2D eigenvalue weighted by Gasteiger charge is -2.20. The van der Waals surface area contributed by atoms with Crippen LogP contribution in [-0.2, 0) is 0 Å². The lowest BCUT2D eigenvalue weighted by atomic mass is 10.1. The Morgan fingerprint density at radius 2 is 2.00 bits per heavy atom. The van der Waals surface area contributed by atoms with Crippen molar-refractivity contribution in [3.8, 4) is 0 Å². The molecule has 0 aliphatic carbocycles. The quantitative estimate of drug-likeness (QED) is 0.675. The molecule has 0 aromatic heterocycles. The maximum absolute atomic E-state index is 6.00. The van der Waals surface area contributed by atoms with Gasteiger partial charge in [-0.1, -0.05) is 19.8 Å². The third-order valence-corrected chi connectivity index (χ3v) is 2.20. The smallest absolute Gasteiger partial charge is 0.119 e. The van der Waals surface area contributed by atoms with Crippen LogP contribution in [0.4, 0.5) is 0 Å². The number of halogens is 2. The monoisotopic (exact) mass is 197 g/mol. The van der Waals surface area contributed by atoms with Crippen LogP contribution in [0.15, 0.2) is 0 Å². The number of unbranched alkanes of at least 4 members (excludes halogenated alkanes) is 1. The highest BCUT2D eigenvalue weighted by Crippen LogP contribution is 2.31. The Morgan fingerprint density at radius 1 is 1.45 bits per heavy atom. The Labute approximate surface area is 79.2 Å². The van der Waals surface area contributed by atoms with E-state index in [1.807, 2.05) is 6.92 Å². The fourth-order valence-electron chi connectivity index (χ4n) is 1.01. The zero-order valence-electron chi connectivity index (χ0n) is 7.24. The van der Waals surface area contributed by atoms with Crippen LogP contribution in [-0.4, -0.2) is 10.4 Å². The van der Waals surface area contributed by atoms with Crippen LogP contribution in [0.2, 0.25) is 0 Å². The van der Waals surface area contributed by atoms with E-state index in [4.69, 9.17) is 28.9 Å². The first-order valence-corrected chi connectivity index (χ1v) is 4.87. The molecule has 0 saturated carbocycles. The maximum Gasteiger partial charge on any atom is 0.119 e. The summed E-state index contributed by atoms with van der Waals surface area (Å²) in [5.41, 5.74) is 5.58. The van der Waals surface area contributed by atoms with Gasteiger partial charge in [-0.15, -0.1) is 23.2 Å². The Hall–Kier alpha value is 0.540. The summed E-state index contributed by atoms with van der Waals surface area (Å²) in [6.45, 7) is 4.04. The van der Waals surface area contributed by atoms with Gasteiger partial charge >= 0.3 is 0 Å². The summed E-state index contributed by atoms with van der Waals surface area (Å²) >= 11 is 12.0. The van der Waals surface area contributed by atoms with Crippen molar-refractivity contribution in [2.45, 2.75) is 49.9 Å². The molecule has 0 spiro atoms. The normalized spacial score (nSPS) is 15.0. The second-order valence-electron chi connectivity index (χ2n) is 3.14. The van der Waals surface area contributed by atoms with E-state index in [1.54, 1.807) is 0 Å².